The highest BCUT2D eigenvalue weighted by Crippen LogP contribution is 2.09. The third-order valence-corrected chi connectivity index (χ3v) is 2.76. The maximum atomic E-state index is 11.6. The van der Waals surface area contributed by atoms with Crippen LogP contribution >= 0.6 is 0 Å². The number of carbonyl (C=O) groups excluding carboxylic acids is 2. The van der Waals surface area contributed by atoms with Gasteiger partial charge >= 0.3 is 6.03 Å². The van der Waals surface area contributed by atoms with Gasteiger partial charge < -0.3 is 16.0 Å². The molecule has 3 N–H and O–H groups in total. The van der Waals surface area contributed by atoms with Crippen molar-refractivity contribution in [2.45, 2.75) is 33.7 Å². The van der Waals surface area contributed by atoms with Gasteiger partial charge in [-0.05, 0) is 30.0 Å². The summed E-state index contributed by atoms with van der Waals surface area (Å²) in [5.41, 5.74) is 1.73. The van der Waals surface area contributed by atoms with Crippen molar-refractivity contribution >= 4 is 17.6 Å². The molecule has 0 aromatic heterocycles. The van der Waals surface area contributed by atoms with Crippen LogP contribution in [0.5, 0.6) is 0 Å². The molecule has 0 heterocycles. The molecule has 0 bridgehead atoms. The van der Waals surface area contributed by atoms with Crippen LogP contribution in [-0.4, -0.2) is 18.5 Å². The summed E-state index contributed by atoms with van der Waals surface area (Å²) in [7, 11) is 0. The average molecular weight is 277 g/mol. The van der Waals surface area contributed by atoms with Crippen LogP contribution in [0.4, 0.5) is 10.5 Å². The fourth-order valence-electron chi connectivity index (χ4n) is 1.58. The van der Waals surface area contributed by atoms with Crippen LogP contribution in [0, 0.1) is 5.92 Å². The van der Waals surface area contributed by atoms with E-state index in [1.165, 1.54) is 6.92 Å². The smallest absolute Gasteiger partial charge is 0.319 e. The first kappa shape index (κ1) is 16.0. The molecule has 0 aliphatic rings. The summed E-state index contributed by atoms with van der Waals surface area (Å²) < 4.78 is 0. The van der Waals surface area contributed by atoms with Crippen molar-refractivity contribution in [1.82, 2.24) is 10.6 Å². The maximum absolute atomic E-state index is 11.6. The molecule has 0 saturated heterocycles. The van der Waals surface area contributed by atoms with E-state index in [4.69, 9.17) is 0 Å². The van der Waals surface area contributed by atoms with Gasteiger partial charge in [0.25, 0.3) is 0 Å². The van der Waals surface area contributed by atoms with Crippen LogP contribution in [0.15, 0.2) is 24.3 Å². The Morgan fingerprint density at radius 3 is 2.30 bits per heavy atom. The predicted octanol–water partition coefficient (Wildman–Crippen LogP) is 2.49. The zero-order valence-electron chi connectivity index (χ0n) is 12.3. The van der Waals surface area contributed by atoms with Gasteiger partial charge in [0, 0.05) is 25.7 Å². The van der Waals surface area contributed by atoms with Crippen molar-refractivity contribution in [3.8, 4) is 0 Å². The van der Waals surface area contributed by atoms with Crippen LogP contribution < -0.4 is 16.0 Å². The fraction of sp³-hybridized carbons (Fsp3) is 0.467. The normalized spacial score (nSPS) is 10.2. The molecule has 0 unspecified atom stereocenters. The Hall–Kier alpha value is -2.04. The number of rotatable bonds is 6. The largest absolute Gasteiger partial charge is 0.352 e. The van der Waals surface area contributed by atoms with E-state index in [-0.39, 0.29) is 11.9 Å². The third-order valence-electron chi connectivity index (χ3n) is 2.76. The van der Waals surface area contributed by atoms with E-state index in [2.05, 4.69) is 29.8 Å². The molecule has 0 aliphatic carbocycles. The predicted molar refractivity (Wildman–Crippen MR) is 80.4 cm³/mol. The van der Waals surface area contributed by atoms with Gasteiger partial charge in [-0.25, -0.2) is 4.79 Å². The van der Waals surface area contributed by atoms with Crippen LogP contribution in [0.1, 0.15) is 32.8 Å². The molecule has 1 aromatic rings. The number of anilines is 1. The molecule has 0 spiro atoms. The standard InChI is InChI=1S/C15H23N3O2/c1-11(2)8-9-16-15(20)18-14-6-4-13(5-7-14)10-17-12(3)19/h4-7,11H,8-10H2,1-3H3,(H,17,19)(H2,16,18,20). The van der Waals surface area contributed by atoms with Crippen molar-refractivity contribution < 1.29 is 9.59 Å². The second-order valence-electron chi connectivity index (χ2n) is 5.17. The van der Waals surface area contributed by atoms with E-state index in [1.807, 2.05) is 24.3 Å². The minimum atomic E-state index is -0.194. The quantitative estimate of drug-likeness (QED) is 0.747. The second-order valence-corrected chi connectivity index (χ2v) is 5.17. The second kappa shape index (κ2) is 8.19. The molecule has 1 aromatic carbocycles. The van der Waals surface area contributed by atoms with E-state index >= 15 is 0 Å². The molecule has 20 heavy (non-hydrogen) atoms. The van der Waals surface area contributed by atoms with Gasteiger partial charge in [-0.3, -0.25) is 4.79 Å². The minimum absolute atomic E-state index is 0.0586. The summed E-state index contributed by atoms with van der Waals surface area (Å²) in [6.07, 6.45) is 0.961. The highest BCUT2D eigenvalue weighted by Gasteiger charge is 2.02. The van der Waals surface area contributed by atoms with Gasteiger partial charge in [-0.2, -0.15) is 0 Å². The fourth-order valence-corrected chi connectivity index (χ4v) is 1.58. The van der Waals surface area contributed by atoms with E-state index in [1.54, 1.807) is 0 Å². The van der Waals surface area contributed by atoms with Gasteiger partial charge in [-0.1, -0.05) is 26.0 Å². The van der Waals surface area contributed by atoms with Gasteiger partial charge in [-0.15, -0.1) is 0 Å². The third kappa shape index (κ3) is 6.78. The first-order valence-electron chi connectivity index (χ1n) is 6.85. The first-order valence-corrected chi connectivity index (χ1v) is 6.85. The number of urea groups is 1. The molecule has 1 rings (SSSR count). The number of nitrogens with one attached hydrogen (secondary N) is 3. The monoisotopic (exact) mass is 277 g/mol. The lowest BCUT2D eigenvalue weighted by atomic mass is 10.1. The number of amides is 3. The molecule has 5 heteroatoms. The molecule has 0 atom stereocenters. The lowest BCUT2D eigenvalue weighted by Crippen LogP contribution is -2.30. The number of carbonyl (C=O) groups is 2. The highest BCUT2D eigenvalue weighted by atomic mass is 16.2. The van der Waals surface area contributed by atoms with Crippen molar-refractivity contribution in [2.24, 2.45) is 5.92 Å². The van der Waals surface area contributed by atoms with Gasteiger partial charge in [0.05, 0.1) is 0 Å². The van der Waals surface area contributed by atoms with Crippen LogP contribution in [-0.2, 0) is 11.3 Å². The highest BCUT2D eigenvalue weighted by molar-refractivity contribution is 5.89. The summed E-state index contributed by atoms with van der Waals surface area (Å²) in [6, 6.07) is 7.19. The molecular weight excluding hydrogens is 254 g/mol. The van der Waals surface area contributed by atoms with Gasteiger partial charge in [0.15, 0.2) is 0 Å². The summed E-state index contributed by atoms with van der Waals surface area (Å²) in [6.45, 7) is 6.89. The van der Waals surface area contributed by atoms with E-state index in [0.29, 0.717) is 19.0 Å². The molecule has 3 amide bonds. The lowest BCUT2D eigenvalue weighted by molar-refractivity contribution is -0.119. The summed E-state index contributed by atoms with van der Waals surface area (Å²) in [4.78, 5) is 22.4. The molecule has 0 radical (unpaired) electrons. The summed E-state index contributed by atoms with van der Waals surface area (Å²) in [5, 5.41) is 8.30. The minimum Gasteiger partial charge on any atom is -0.352 e. The lowest BCUT2D eigenvalue weighted by Gasteiger charge is -2.09. The summed E-state index contributed by atoms with van der Waals surface area (Å²) >= 11 is 0. The molecular formula is C15H23N3O2. The Labute approximate surface area is 120 Å². The molecule has 0 fully saturated rings. The van der Waals surface area contributed by atoms with Gasteiger partial charge in [0.1, 0.15) is 0 Å². The number of benzene rings is 1. The topological polar surface area (TPSA) is 70.2 Å². The van der Waals surface area contributed by atoms with E-state index in [9.17, 15) is 9.59 Å². The van der Waals surface area contributed by atoms with Crippen molar-refractivity contribution in [3.05, 3.63) is 29.8 Å². The molecule has 0 saturated carbocycles. The van der Waals surface area contributed by atoms with Crippen molar-refractivity contribution in [3.63, 3.8) is 0 Å². The van der Waals surface area contributed by atoms with Crippen LogP contribution in [0.2, 0.25) is 0 Å². The Morgan fingerprint density at radius 2 is 1.75 bits per heavy atom. The maximum Gasteiger partial charge on any atom is 0.319 e. The molecule has 110 valence electrons. The number of hydrogen-bond donors (Lipinski definition) is 3. The Morgan fingerprint density at radius 1 is 1.10 bits per heavy atom. The van der Waals surface area contributed by atoms with Crippen LogP contribution in [0.3, 0.4) is 0 Å². The Kier molecular flexibility index (Phi) is 6.56. The Balaban J connectivity index is 2.37. The average Bonchev–Trinajstić information content (AvgIpc) is 2.37. The zero-order valence-corrected chi connectivity index (χ0v) is 12.3. The Bertz CT molecular complexity index is 441. The van der Waals surface area contributed by atoms with Gasteiger partial charge in [0.2, 0.25) is 5.91 Å². The van der Waals surface area contributed by atoms with Crippen LogP contribution in [0.25, 0.3) is 0 Å². The molecule has 0 aliphatic heterocycles. The summed E-state index contributed by atoms with van der Waals surface area (Å²) in [5.74, 6) is 0.514. The van der Waals surface area contributed by atoms with Crippen molar-refractivity contribution in [1.29, 1.82) is 0 Å². The molecule has 5 nitrogen and oxygen atoms in total. The van der Waals surface area contributed by atoms with E-state index in [0.717, 1.165) is 17.7 Å². The number of hydrogen-bond acceptors (Lipinski definition) is 2. The van der Waals surface area contributed by atoms with Crippen molar-refractivity contribution in [2.75, 3.05) is 11.9 Å². The SMILES string of the molecule is CC(=O)NCc1ccc(NC(=O)NCCC(C)C)cc1. The van der Waals surface area contributed by atoms with E-state index < -0.39 is 0 Å². The zero-order chi connectivity index (χ0) is 15.0. The first-order chi connectivity index (χ1) is 9.47.